The van der Waals surface area contributed by atoms with Gasteiger partial charge in [-0.05, 0) is 77.8 Å². The van der Waals surface area contributed by atoms with E-state index in [4.69, 9.17) is 14.7 Å². The van der Waals surface area contributed by atoms with E-state index in [0.29, 0.717) is 25.3 Å². The highest BCUT2D eigenvalue weighted by Gasteiger charge is 2.35. The molecule has 0 saturated carbocycles. The number of fused-ring (bicyclic) bond motifs is 1. The van der Waals surface area contributed by atoms with Crippen molar-refractivity contribution in [2.75, 3.05) is 44.7 Å². The van der Waals surface area contributed by atoms with Gasteiger partial charge in [0.1, 0.15) is 11.5 Å². The maximum atomic E-state index is 6.06. The monoisotopic (exact) mass is 490 g/mol. The van der Waals surface area contributed by atoms with Crippen molar-refractivity contribution in [3.05, 3.63) is 59.2 Å². The second kappa shape index (κ2) is 10.9. The zero-order chi connectivity index (χ0) is 25.2. The number of ether oxygens (including phenoxy) is 1. The van der Waals surface area contributed by atoms with Crippen molar-refractivity contribution in [2.45, 2.75) is 71.7 Å². The zero-order valence-corrected chi connectivity index (χ0v) is 22.7. The van der Waals surface area contributed by atoms with Gasteiger partial charge in [-0.3, -0.25) is 19.2 Å². The quantitative estimate of drug-likeness (QED) is 0.464. The summed E-state index contributed by atoms with van der Waals surface area (Å²) in [5.41, 5.74) is 5.85. The Morgan fingerprint density at radius 3 is 2.44 bits per heavy atom. The number of imidazole rings is 1. The van der Waals surface area contributed by atoms with Crippen LogP contribution in [0.25, 0.3) is 5.65 Å². The minimum Gasteiger partial charge on any atom is -0.375 e. The minimum atomic E-state index is 0.242. The van der Waals surface area contributed by atoms with Gasteiger partial charge in [-0.15, -0.1) is 0 Å². The van der Waals surface area contributed by atoms with E-state index in [1.807, 2.05) is 12.3 Å². The Morgan fingerprint density at radius 2 is 1.75 bits per heavy atom. The van der Waals surface area contributed by atoms with Crippen LogP contribution in [0.2, 0.25) is 0 Å². The minimum absolute atomic E-state index is 0.242. The summed E-state index contributed by atoms with van der Waals surface area (Å²) >= 11 is 0. The molecule has 0 aliphatic carbocycles. The van der Waals surface area contributed by atoms with Gasteiger partial charge >= 0.3 is 0 Å². The average Bonchev–Trinajstić information content (AvgIpc) is 3.26. The molecule has 0 radical (unpaired) electrons. The van der Waals surface area contributed by atoms with Crippen LogP contribution in [0.15, 0.2) is 36.5 Å². The second-order valence-corrected chi connectivity index (χ2v) is 10.6. The molecular weight excluding hydrogens is 448 g/mol. The third-order valence-electron chi connectivity index (χ3n) is 8.18. The SMILES string of the molecule is CCOCc1c(C2CCCC(c3ncccc3C)N2C)nc2cccc(N3CCN(C(C)C)CC3)n12. The Balaban J connectivity index is 1.52. The third-order valence-corrected chi connectivity index (χ3v) is 8.18. The number of anilines is 1. The molecule has 2 unspecified atom stereocenters. The fourth-order valence-corrected chi connectivity index (χ4v) is 6.11. The van der Waals surface area contributed by atoms with Crippen LogP contribution >= 0.6 is 0 Å². The van der Waals surface area contributed by atoms with Crippen LogP contribution in [0.3, 0.4) is 0 Å². The van der Waals surface area contributed by atoms with E-state index in [1.165, 1.54) is 29.2 Å². The number of hydrogen-bond acceptors (Lipinski definition) is 6. The van der Waals surface area contributed by atoms with Gasteiger partial charge in [0.05, 0.1) is 35.8 Å². The first-order chi connectivity index (χ1) is 17.5. The van der Waals surface area contributed by atoms with Gasteiger partial charge in [-0.1, -0.05) is 12.1 Å². The number of piperidine rings is 1. The zero-order valence-electron chi connectivity index (χ0n) is 22.7. The van der Waals surface area contributed by atoms with Gasteiger partial charge in [-0.25, -0.2) is 4.98 Å². The summed E-state index contributed by atoms with van der Waals surface area (Å²) in [4.78, 5) is 17.7. The van der Waals surface area contributed by atoms with Crippen LogP contribution in [0.5, 0.6) is 0 Å². The Morgan fingerprint density at radius 1 is 1.00 bits per heavy atom. The standard InChI is InChI=1S/C29H42N6O/c1-6-36-20-25-29(24-12-7-11-23(32(24)5)28-22(4)10-9-15-30-28)31-26-13-8-14-27(35(25)26)34-18-16-33(17-19-34)21(2)3/h8-10,13-15,21,23-24H,6-7,11-12,16-20H2,1-5H3. The molecule has 2 saturated heterocycles. The smallest absolute Gasteiger partial charge is 0.138 e. The molecule has 0 aromatic carbocycles. The van der Waals surface area contributed by atoms with Crippen molar-refractivity contribution in [3.63, 3.8) is 0 Å². The lowest BCUT2D eigenvalue weighted by Crippen LogP contribution is -2.49. The van der Waals surface area contributed by atoms with E-state index in [1.54, 1.807) is 0 Å². The number of likely N-dealkylation sites (tertiary alicyclic amines) is 1. The van der Waals surface area contributed by atoms with E-state index in [0.717, 1.165) is 50.4 Å². The van der Waals surface area contributed by atoms with Gasteiger partial charge < -0.3 is 9.64 Å². The Hall–Kier alpha value is -2.48. The molecule has 194 valence electrons. The number of aryl methyl sites for hydroxylation is 1. The Labute approximate surface area is 216 Å². The molecule has 3 aromatic heterocycles. The Bertz CT molecular complexity index is 1170. The predicted octanol–water partition coefficient (Wildman–Crippen LogP) is 5.00. The van der Waals surface area contributed by atoms with Crippen LogP contribution in [-0.2, 0) is 11.3 Å². The van der Waals surface area contributed by atoms with E-state index in [2.05, 4.69) is 78.1 Å². The molecule has 7 nitrogen and oxygen atoms in total. The number of aromatic nitrogens is 3. The van der Waals surface area contributed by atoms with Crippen LogP contribution in [0.4, 0.5) is 5.82 Å². The molecule has 0 N–H and O–H groups in total. The molecule has 3 aromatic rings. The van der Waals surface area contributed by atoms with Gasteiger partial charge in [0.15, 0.2) is 0 Å². The van der Waals surface area contributed by atoms with Crippen molar-refractivity contribution in [1.29, 1.82) is 0 Å². The molecule has 2 atom stereocenters. The maximum Gasteiger partial charge on any atom is 0.138 e. The topological polar surface area (TPSA) is 49.1 Å². The molecule has 5 heterocycles. The molecule has 2 aliphatic heterocycles. The molecule has 2 fully saturated rings. The Kier molecular flexibility index (Phi) is 7.60. The van der Waals surface area contributed by atoms with Crippen molar-refractivity contribution in [2.24, 2.45) is 0 Å². The highest BCUT2D eigenvalue weighted by molar-refractivity contribution is 5.55. The van der Waals surface area contributed by atoms with E-state index < -0.39 is 0 Å². The summed E-state index contributed by atoms with van der Waals surface area (Å²) in [7, 11) is 2.25. The highest BCUT2D eigenvalue weighted by atomic mass is 16.5. The number of hydrogen-bond donors (Lipinski definition) is 0. The van der Waals surface area contributed by atoms with Crippen LogP contribution < -0.4 is 4.90 Å². The van der Waals surface area contributed by atoms with Gasteiger partial charge in [0.25, 0.3) is 0 Å². The van der Waals surface area contributed by atoms with E-state index >= 15 is 0 Å². The molecule has 36 heavy (non-hydrogen) atoms. The predicted molar refractivity (Wildman–Crippen MR) is 146 cm³/mol. The lowest BCUT2D eigenvalue weighted by Gasteiger charge is -2.39. The van der Waals surface area contributed by atoms with Crippen molar-refractivity contribution in [3.8, 4) is 0 Å². The average molecular weight is 491 g/mol. The number of rotatable bonds is 7. The molecular formula is C29H42N6O. The second-order valence-electron chi connectivity index (χ2n) is 10.6. The summed E-state index contributed by atoms with van der Waals surface area (Å²) in [6.07, 6.45) is 5.33. The fourth-order valence-electron chi connectivity index (χ4n) is 6.11. The summed E-state index contributed by atoms with van der Waals surface area (Å²) in [6, 6.07) is 11.9. The van der Waals surface area contributed by atoms with Gasteiger partial charge in [-0.2, -0.15) is 0 Å². The maximum absolute atomic E-state index is 6.06. The molecule has 7 heteroatoms. The van der Waals surface area contributed by atoms with Crippen molar-refractivity contribution >= 4 is 11.5 Å². The molecule has 2 aliphatic rings. The summed E-state index contributed by atoms with van der Waals surface area (Å²) in [5.74, 6) is 1.24. The highest BCUT2D eigenvalue weighted by Crippen LogP contribution is 2.42. The van der Waals surface area contributed by atoms with Crippen LogP contribution in [-0.4, -0.2) is 70.0 Å². The summed E-state index contributed by atoms with van der Waals surface area (Å²) in [5, 5.41) is 0. The molecule has 0 amide bonds. The summed E-state index contributed by atoms with van der Waals surface area (Å²) < 4.78 is 8.43. The fraction of sp³-hybridized carbons (Fsp3) is 0.586. The number of pyridine rings is 2. The lowest BCUT2D eigenvalue weighted by molar-refractivity contribution is 0.101. The first kappa shape index (κ1) is 25.2. The van der Waals surface area contributed by atoms with Gasteiger partial charge in [0, 0.05) is 45.0 Å². The van der Waals surface area contributed by atoms with Crippen molar-refractivity contribution < 1.29 is 4.74 Å². The molecule has 0 spiro atoms. The van der Waals surface area contributed by atoms with E-state index in [-0.39, 0.29) is 6.04 Å². The number of nitrogens with zero attached hydrogens (tertiary/aromatic N) is 6. The molecule has 0 bridgehead atoms. The van der Waals surface area contributed by atoms with Crippen LogP contribution in [0.1, 0.15) is 74.8 Å². The van der Waals surface area contributed by atoms with Gasteiger partial charge in [0.2, 0.25) is 0 Å². The van der Waals surface area contributed by atoms with E-state index in [9.17, 15) is 0 Å². The first-order valence-corrected chi connectivity index (χ1v) is 13.7. The third kappa shape index (κ3) is 4.76. The lowest BCUT2D eigenvalue weighted by atomic mass is 9.90. The van der Waals surface area contributed by atoms with Crippen molar-refractivity contribution in [1.82, 2.24) is 24.2 Å². The largest absolute Gasteiger partial charge is 0.375 e. The normalized spacial score (nSPS) is 22.1. The van der Waals surface area contributed by atoms with Crippen LogP contribution in [0, 0.1) is 6.92 Å². The first-order valence-electron chi connectivity index (χ1n) is 13.7. The summed E-state index contributed by atoms with van der Waals surface area (Å²) in [6.45, 7) is 14.3. The number of piperazine rings is 1. The molecule has 5 rings (SSSR count).